The number of hydrogen-bond acceptors (Lipinski definition) is 4. The van der Waals surface area contributed by atoms with Crippen LogP contribution in [0.2, 0.25) is 0 Å². The Morgan fingerprint density at radius 3 is 2.47 bits per heavy atom. The summed E-state index contributed by atoms with van der Waals surface area (Å²) in [4.78, 5) is 28.0. The van der Waals surface area contributed by atoms with Gasteiger partial charge in [0.05, 0.1) is 18.4 Å². The summed E-state index contributed by atoms with van der Waals surface area (Å²) in [7, 11) is 3.43. The van der Waals surface area contributed by atoms with Gasteiger partial charge in [0.2, 0.25) is 0 Å². The van der Waals surface area contributed by atoms with E-state index in [1.165, 1.54) is 0 Å². The summed E-state index contributed by atoms with van der Waals surface area (Å²) in [5.41, 5.74) is 5.06. The molecule has 4 rings (SSSR count). The number of amides is 1. The minimum atomic E-state index is -0.282. The first-order valence-corrected chi connectivity index (χ1v) is 11.9. The lowest BCUT2D eigenvalue weighted by atomic mass is 9.93. The number of aromatic nitrogens is 1. The number of carbonyl (C=O) groups is 2. The maximum atomic E-state index is 13.4. The average molecular weight is 453 g/mol. The van der Waals surface area contributed by atoms with Crippen LogP contribution < -0.4 is 4.74 Å². The zero-order chi connectivity index (χ0) is 23.6. The fourth-order valence-electron chi connectivity index (χ4n) is 3.91. The van der Waals surface area contributed by atoms with E-state index in [1.807, 2.05) is 71.3 Å². The second-order valence-corrected chi connectivity index (χ2v) is 9.52. The lowest BCUT2D eigenvalue weighted by molar-refractivity contribution is 0.0644. The zero-order valence-corrected chi connectivity index (χ0v) is 20.8. The van der Waals surface area contributed by atoms with Crippen molar-refractivity contribution in [2.24, 2.45) is 0 Å². The molecule has 0 saturated heterocycles. The highest BCUT2D eigenvalue weighted by Crippen LogP contribution is 2.43. The van der Waals surface area contributed by atoms with Crippen LogP contribution in [0.4, 0.5) is 0 Å². The lowest BCUT2D eigenvalue weighted by Gasteiger charge is -2.32. The Balaban J connectivity index is 0.00000141. The molecule has 1 aliphatic rings. The van der Waals surface area contributed by atoms with Crippen LogP contribution in [-0.4, -0.2) is 41.4 Å². The van der Waals surface area contributed by atoms with Crippen LogP contribution >= 0.6 is 11.3 Å². The Morgan fingerprint density at radius 1 is 1.19 bits per heavy atom. The van der Waals surface area contributed by atoms with Gasteiger partial charge in [0.25, 0.3) is 5.91 Å². The average Bonchev–Trinajstić information content (AvgIpc) is 3.45. The van der Waals surface area contributed by atoms with E-state index in [1.54, 1.807) is 23.3 Å². The topological polar surface area (TPSA) is 51.5 Å². The van der Waals surface area contributed by atoms with Gasteiger partial charge in [-0.2, -0.15) is 0 Å². The molecule has 2 aromatic heterocycles. The molecular weight excluding hydrogens is 420 g/mol. The van der Waals surface area contributed by atoms with Gasteiger partial charge in [-0.05, 0) is 62.4 Å². The Hall–Kier alpha value is -2.86. The van der Waals surface area contributed by atoms with Crippen molar-refractivity contribution in [3.63, 3.8) is 0 Å². The van der Waals surface area contributed by atoms with E-state index >= 15 is 0 Å². The maximum absolute atomic E-state index is 13.4. The fraction of sp³-hybridized carbons (Fsp3) is 0.385. The number of hydrogen-bond donors (Lipinski definition) is 0. The Kier molecular flexibility index (Phi) is 6.94. The third kappa shape index (κ3) is 4.11. The largest absolute Gasteiger partial charge is 0.496 e. The summed E-state index contributed by atoms with van der Waals surface area (Å²) < 4.78 is 7.52. The lowest BCUT2D eigenvalue weighted by Crippen LogP contribution is -2.43. The van der Waals surface area contributed by atoms with E-state index in [2.05, 4.69) is 10.6 Å². The van der Waals surface area contributed by atoms with Gasteiger partial charge in [-0.15, -0.1) is 11.3 Å². The summed E-state index contributed by atoms with van der Waals surface area (Å²) in [6.07, 6.45) is 1.60. The van der Waals surface area contributed by atoms with Gasteiger partial charge >= 0.3 is 0 Å². The molecule has 170 valence electrons. The number of aldehydes is 1. The summed E-state index contributed by atoms with van der Waals surface area (Å²) in [5, 5.41) is 2.04. The van der Waals surface area contributed by atoms with E-state index in [0.29, 0.717) is 23.6 Å². The smallest absolute Gasteiger partial charge is 0.270 e. The van der Waals surface area contributed by atoms with E-state index in [-0.39, 0.29) is 11.4 Å². The highest BCUT2D eigenvalue weighted by Gasteiger charge is 2.31. The first-order chi connectivity index (χ1) is 15.3. The van der Waals surface area contributed by atoms with Gasteiger partial charge in [-0.25, -0.2) is 0 Å². The number of ether oxygens (including phenoxy) is 1. The first-order valence-electron chi connectivity index (χ1n) is 11.0. The van der Waals surface area contributed by atoms with Gasteiger partial charge in [0.1, 0.15) is 11.4 Å². The highest BCUT2D eigenvalue weighted by atomic mass is 32.1. The SMILES string of the molecule is CC.COc1cc2c(cc1C=O)-c1c(-c3cccs3)cc(C(=O)N(C)C(C)(C)C)n1CC2. The Labute approximate surface area is 194 Å². The van der Waals surface area contributed by atoms with Gasteiger partial charge < -0.3 is 14.2 Å². The number of rotatable bonds is 4. The van der Waals surface area contributed by atoms with Crippen LogP contribution in [0.5, 0.6) is 5.75 Å². The molecule has 0 aliphatic carbocycles. The summed E-state index contributed by atoms with van der Waals surface area (Å²) in [6.45, 7) is 10.8. The monoisotopic (exact) mass is 452 g/mol. The number of methoxy groups -OCH3 is 1. The third-order valence-corrected chi connectivity index (χ3v) is 6.76. The predicted molar refractivity (Wildman–Crippen MR) is 132 cm³/mol. The molecule has 0 N–H and O–H groups in total. The highest BCUT2D eigenvalue weighted by molar-refractivity contribution is 7.13. The molecular formula is C26H32N2O3S. The maximum Gasteiger partial charge on any atom is 0.270 e. The predicted octanol–water partition coefficient (Wildman–Crippen LogP) is 6.16. The van der Waals surface area contributed by atoms with E-state index in [0.717, 1.165) is 40.0 Å². The third-order valence-electron chi connectivity index (χ3n) is 5.86. The van der Waals surface area contributed by atoms with Crippen molar-refractivity contribution < 1.29 is 14.3 Å². The van der Waals surface area contributed by atoms with Crippen molar-refractivity contribution in [2.75, 3.05) is 14.2 Å². The van der Waals surface area contributed by atoms with Crippen LogP contribution in [0.25, 0.3) is 21.7 Å². The van der Waals surface area contributed by atoms with Crippen LogP contribution in [0, 0.1) is 0 Å². The van der Waals surface area contributed by atoms with Gasteiger partial charge in [0.15, 0.2) is 6.29 Å². The summed E-state index contributed by atoms with van der Waals surface area (Å²) >= 11 is 1.65. The van der Waals surface area contributed by atoms with Crippen molar-refractivity contribution in [3.05, 3.63) is 52.5 Å². The van der Waals surface area contributed by atoms with Crippen LogP contribution in [0.1, 0.15) is 61.0 Å². The number of fused-ring (bicyclic) bond motifs is 3. The molecule has 0 saturated carbocycles. The van der Waals surface area contributed by atoms with E-state index in [4.69, 9.17) is 4.74 Å². The molecule has 5 nitrogen and oxygen atoms in total. The van der Waals surface area contributed by atoms with Crippen LogP contribution in [0.15, 0.2) is 35.7 Å². The first kappa shape index (κ1) is 23.8. The molecule has 32 heavy (non-hydrogen) atoms. The second-order valence-electron chi connectivity index (χ2n) is 8.57. The standard InChI is InChI=1S/C24H26N2O3S.C2H6/c1-24(2,3)25(4)23(28)19-13-18(21-7-6-10-30-21)22-17-11-16(14-27)20(29-5)12-15(17)8-9-26(19)22;1-2/h6-7,10-14H,8-9H2,1-5H3;1-2H3. The van der Waals surface area contributed by atoms with E-state index < -0.39 is 0 Å². The number of benzene rings is 1. The molecule has 6 heteroatoms. The minimum Gasteiger partial charge on any atom is -0.496 e. The molecule has 3 aromatic rings. The van der Waals surface area contributed by atoms with Crippen LogP contribution in [-0.2, 0) is 13.0 Å². The molecule has 1 aromatic carbocycles. The zero-order valence-electron chi connectivity index (χ0n) is 20.0. The van der Waals surface area contributed by atoms with Gasteiger partial charge in [-0.1, -0.05) is 19.9 Å². The molecule has 0 spiro atoms. The summed E-state index contributed by atoms with van der Waals surface area (Å²) in [5.74, 6) is 0.587. The number of thiophene rings is 1. The summed E-state index contributed by atoms with van der Waals surface area (Å²) in [6, 6.07) is 9.94. The Bertz CT molecular complexity index is 1120. The number of nitrogens with zero attached hydrogens (tertiary/aromatic N) is 2. The van der Waals surface area contributed by atoms with Crippen molar-refractivity contribution in [3.8, 4) is 27.4 Å². The van der Waals surface area contributed by atoms with Crippen molar-refractivity contribution in [2.45, 2.75) is 53.1 Å². The van der Waals surface area contributed by atoms with Crippen molar-refractivity contribution >= 4 is 23.5 Å². The number of carbonyl (C=O) groups excluding carboxylic acids is 2. The van der Waals surface area contributed by atoms with Crippen LogP contribution in [0.3, 0.4) is 0 Å². The number of aryl methyl sites for hydroxylation is 1. The quantitative estimate of drug-likeness (QED) is 0.446. The van der Waals surface area contributed by atoms with Crippen molar-refractivity contribution in [1.82, 2.24) is 9.47 Å². The second kappa shape index (κ2) is 9.33. The molecule has 0 radical (unpaired) electrons. The molecule has 0 fully saturated rings. The molecule has 1 aliphatic heterocycles. The molecule has 0 atom stereocenters. The van der Waals surface area contributed by atoms with Gasteiger partial charge in [0, 0.05) is 35.1 Å². The normalized spacial score (nSPS) is 12.2. The Morgan fingerprint density at radius 2 is 1.91 bits per heavy atom. The fourth-order valence-corrected chi connectivity index (χ4v) is 4.66. The minimum absolute atomic E-state index is 0.000807. The van der Waals surface area contributed by atoms with Crippen molar-refractivity contribution in [1.29, 1.82) is 0 Å². The molecule has 3 heterocycles. The van der Waals surface area contributed by atoms with Gasteiger partial charge in [-0.3, -0.25) is 9.59 Å². The molecule has 1 amide bonds. The van der Waals surface area contributed by atoms with E-state index in [9.17, 15) is 9.59 Å². The molecule has 0 bridgehead atoms. The molecule has 0 unspecified atom stereocenters.